The van der Waals surface area contributed by atoms with E-state index in [0.29, 0.717) is 24.2 Å². The molecule has 4 nitrogen and oxygen atoms in total. The Hall–Kier alpha value is -3.60. The Bertz CT molecular complexity index is 1220. The van der Waals surface area contributed by atoms with Gasteiger partial charge in [0.2, 0.25) is 0 Å². The monoisotopic (exact) mass is 606 g/mol. The van der Waals surface area contributed by atoms with Gasteiger partial charge in [-0.1, -0.05) is 104 Å². The minimum atomic E-state index is 0.339. The fourth-order valence-corrected chi connectivity index (χ4v) is 5.91. The maximum atomic E-state index is 6.00. The van der Waals surface area contributed by atoms with Crippen molar-refractivity contribution in [3.05, 3.63) is 131 Å². The molecule has 0 amide bonds. The van der Waals surface area contributed by atoms with Crippen LogP contribution < -0.4 is 20.1 Å². The van der Waals surface area contributed by atoms with Gasteiger partial charge in [-0.05, 0) is 99.9 Å². The summed E-state index contributed by atoms with van der Waals surface area (Å²) in [5.74, 6) is 1.92. The highest BCUT2D eigenvalue weighted by atomic mass is 16.5. The number of unbranched alkanes of at least 4 members (excludes halogenated alkanes) is 4. The van der Waals surface area contributed by atoms with Gasteiger partial charge in [0.15, 0.2) is 0 Å². The Morgan fingerprint density at radius 1 is 0.444 bits per heavy atom. The van der Waals surface area contributed by atoms with Crippen molar-refractivity contribution in [2.75, 3.05) is 13.2 Å². The summed E-state index contributed by atoms with van der Waals surface area (Å²) in [4.78, 5) is 0. The van der Waals surface area contributed by atoms with Crippen molar-refractivity contribution in [3.8, 4) is 11.5 Å². The molecule has 2 N–H and O–H groups in total. The number of ether oxygens (including phenoxy) is 2. The third-order valence-corrected chi connectivity index (χ3v) is 8.42. The molecule has 0 saturated carbocycles. The van der Waals surface area contributed by atoms with Crippen molar-refractivity contribution in [2.45, 2.75) is 96.8 Å². The average Bonchev–Trinajstić information content (AvgIpc) is 3.06. The van der Waals surface area contributed by atoms with Gasteiger partial charge >= 0.3 is 0 Å². The molecule has 0 spiro atoms. The van der Waals surface area contributed by atoms with Crippen molar-refractivity contribution in [3.63, 3.8) is 0 Å². The lowest BCUT2D eigenvalue weighted by molar-refractivity contribution is 0.293. The molecule has 0 aromatic heterocycles. The number of nitrogens with one attached hydrogen (secondary N) is 2. The van der Waals surface area contributed by atoms with Crippen LogP contribution >= 0.6 is 0 Å². The minimum absolute atomic E-state index is 0.339. The molecular weight excluding hydrogens is 552 g/mol. The lowest BCUT2D eigenvalue weighted by Crippen LogP contribution is -2.30. The second-order valence-electron chi connectivity index (χ2n) is 12.6. The van der Waals surface area contributed by atoms with Crippen LogP contribution in [0.5, 0.6) is 11.5 Å². The van der Waals surface area contributed by atoms with Crippen molar-refractivity contribution >= 4 is 0 Å². The molecule has 0 aliphatic rings. The van der Waals surface area contributed by atoms with Gasteiger partial charge in [-0.15, -0.1) is 0 Å². The summed E-state index contributed by atoms with van der Waals surface area (Å²) >= 11 is 0. The first-order valence-corrected chi connectivity index (χ1v) is 17.0. The summed E-state index contributed by atoms with van der Waals surface area (Å²) in [5.41, 5.74) is 5.31. The molecule has 0 aliphatic heterocycles. The second-order valence-corrected chi connectivity index (χ2v) is 12.6. The van der Waals surface area contributed by atoms with E-state index in [1.807, 2.05) is 0 Å². The molecule has 240 valence electrons. The van der Waals surface area contributed by atoms with Crippen LogP contribution in [0, 0.1) is 0 Å². The van der Waals surface area contributed by atoms with E-state index in [2.05, 4.69) is 148 Å². The third kappa shape index (κ3) is 12.7. The van der Waals surface area contributed by atoms with Crippen molar-refractivity contribution in [2.24, 2.45) is 0 Å². The molecule has 4 heteroatoms. The molecule has 4 aromatic carbocycles. The molecule has 0 aliphatic carbocycles. The van der Waals surface area contributed by atoms with Crippen LogP contribution in [0.25, 0.3) is 0 Å². The van der Waals surface area contributed by atoms with Crippen LogP contribution in [-0.2, 0) is 12.8 Å². The van der Waals surface area contributed by atoms with E-state index >= 15 is 0 Å². The van der Waals surface area contributed by atoms with Gasteiger partial charge < -0.3 is 20.1 Å². The molecule has 0 fully saturated rings. The topological polar surface area (TPSA) is 42.5 Å². The number of rotatable bonds is 20. The number of hydrogen-bond donors (Lipinski definition) is 2. The van der Waals surface area contributed by atoms with Crippen LogP contribution in [0.3, 0.4) is 0 Å². The van der Waals surface area contributed by atoms with Gasteiger partial charge in [0.1, 0.15) is 11.5 Å². The SMILES string of the molecule is CC(Cc1ccc(OCCCCCCCOc2ccc(CC(C)NC(C)c3ccccc3)cc2)cc1)NC(C)c1ccccc1. The Labute approximate surface area is 272 Å². The molecular formula is C41H54N2O2. The quantitative estimate of drug-likeness (QED) is 0.0983. The van der Waals surface area contributed by atoms with Gasteiger partial charge in [0.05, 0.1) is 13.2 Å². The molecule has 45 heavy (non-hydrogen) atoms. The molecule has 4 unspecified atom stereocenters. The average molecular weight is 607 g/mol. The third-order valence-electron chi connectivity index (χ3n) is 8.42. The van der Waals surface area contributed by atoms with Crippen molar-refractivity contribution in [1.82, 2.24) is 10.6 Å². The lowest BCUT2D eigenvalue weighted by atomic mass is 10.0. The van der Waals surface area contributed by atoms with E-state index in [-0.39, 0.29) is 0 Å². The zero-order chi connectivity index (χ0) is 31.7. The van der Waals surface area contributed by atoms with Crippen LogP contribution in [0.1, 0.15) is 94.1 Å². The molecule has 4 atom stereocenters. The summed E-state index contributed by atoms with van der Waals surface area (Å²) in [6.07, 6.45) is 7.75. The molecule has 4 rings (SSSR count). The smallest absolute Gasteiger partial charge is 0.119 e. The molecule has 4 aromatic rings. The largest absolute Gasteiger partial charge is 0.494 e. The second kappa shape index (κ2) is 19.0. The van der Waals surface area contributed by atoms with E-state index < -0.39 is 0 Å². The van der Waals surface area contributed by atoms with Gasteiger partial charge in [0.25, 0.3) is 0 Å². The summed E-state index contributed by atoms with van der Waals surface area (Å²) in [7, 11) is 0. The number of benzene rings is 4. The standard InChI is InChI=1S/C41H54N2O2/c1-32(42-34(3)38-16-10-8-11-17-38)30-36-20-24-40(25-21-36)44-28-14-6-5-7-15-29-45-41-26-22-37(23-27-41)31-33(2)43-35(4)39-18-12-9-13-19-39/h8-13,16-27,32-35,42-43H,5-7,14-15,28-31H2,1-4H3. The van der Waals surface area contributed by atoms with Crippen LogP contribution in [0.15, 0.2) is 109 Å². The van der Waals surface area contributed by atoms with Crippen LogP contribution in [-0.4, -0.2) is 25.3 Å². The van der Waals surface area contributed by atoms with Gasteiger partial charge in [-0.25, -0.2) is 0 Å². The summed E-state index contributed by atoms with van der Waals surface area (Å²) in [6.45, 7) is 10.5. The van der Waals surface area contributed by atoms with E-state index in [1.165, 1.54) is 41.5 Å². The Morgan fingerprint density at radius 2 is 0.800 bits per heavy atom. The predicted octanol–water partition coefficient (Wildman–Crippen LogP) is 9.66. The minimum Gasteiger partial charge on any atom is -0.494 e. The van der Waals surface area contributed by atoms with Crippen LogP contribution in [0.4, 0.5) is 0 Å². The van der Waals surface area contributed by atoms with E-state index in [4.69, 9.17) is 9.47 Å². The van der Waals surface area contributed by atoms with Crippen LogP contribution in [0.2, 0.25) is 0 Å². The highest BCUT2D eigenvalue weighted by molar-refractivity contribution is 5.29. The van der Waals surface area contributed by atoms with E-state index in [1.54, 1.807) is 0 Å². The summed E-state index contributed by atoms with van der Waals surface area (Å²) in [5, 5.41) is 7.42. The first-order chi connectivity index (χ1) is 22.0. The Morgan fingerprint density at radius 3 is 1.18 bits per heavy atom. The summed E-state index contributed by atoms with van der Waals surface area (Å²) in [6, 6.07) is 39.9. The fraction of sp³-hybridized carbons (Fsp3) is 0.415. The Balaban J connectivity index is 1.01. The normalized spacial score (nSPS) is 14.0. The highest BCUT2D eigenvalue weighted by Crippen LogP contribution is 2.19. The molecule has 0 saturated heterocycles. The zero-order valence-electron chi connectivity index (χ0n) is 27.9. The number of hydrogen-bond acceptors (Lipinski definition) is 4. The maximum absolute atomic E-state index is 6.00. The molecule has 0 bridgehead atoms. The Kier molecular flexibility index (Phi) is 14.5. The lowest BCUT2D eigenvalue weighted by Gasteiger charge is -2.20. The van der Waals surface area contributed by atoms with E-state index in [0.717, 1.165) is 50.4 Å². The van der Waals surface area contributed by atoms with E-state index in [9.17, 15) is 0 Å². The fourth-order valence-electron chi connectivity index (χ4n) is 5.91. The van der Waals surface area contributed by atoms with Gasteiger partial charge in [-0.3, -0.25) is 0 Å². The molecule has 0 radical (unpaired) electrons. The van der Waals surface area contributed by atoms with Gasteiger partial charge in [-0.2, -0.15) is 0 Å². The molecule has 0 heterocycles. The van der Waals surface area contributed by atoms with Crippen molar-refractivity contribution < 1.29 is 9.47 Å². The zero-order valence-corrected chi connectivity index (χ0v) is 27.9. The van der Waals surface area contributed by atoms with Crippen molar-refractivity contribution in [1.29, 1.82) is 0 Å². The summed E-state index contributed by atoms with van der Waals surface area (Å²) < 4.78 is 12.0. The highest BCUT2D eigenvalue weighted by Gasteiger charge is 2.11. The maximum Gasteiger partial charge on any atom is 0.119 e. The first-order valence-electron chi connectivity index (χ1n) is 17.0. The predicted molar refractivity (Wildman–Crippen MR) is 189 cm³/mol. The first kappa shape index (κ1) is 34.3. The van der Waals surface area contributed by atoms with Gasteiger partial charge in [0, 0.05) is 24.2 Å².